The second kappa shape index (κ2) is 6.84. The van der Waals surface area contributed by atoms with Gasteiger partial charge in [-0.1, -0.05) is 24.3 Å². The molecule has 2 aliphatic heterocycles. The Hall–Kier alpha value is -2.05. The van der Waals surface area contributed by atoms with Crippen molar-refractivity contribution in [3.8, 4) is 0 Å². The number of allylic oxidation sites excluding steroid dienone is 2. The minimum absolute atomic E-state index is 0.0302. The van der Waals surface area contributed by atoms with E-state index in [1.165, 1.54) is 14.6 Å². The highest BCUT2D eigenvalue weighted by atomic mass is 32.1. The second-order valence-corrected chi connectivity index (χ2v) is 8.88. The number of hydrogen-bond acceptors (Lipinski definition) is 5. The van der Waals surface area contributed by atoms with Crippen molar-refractivity contribution in [2.75, 3.05) is 19.8 Å². The van der Waals surface area contributed by atoms with Crippen molar-refractivity contribution < 1.29 is 9.59 Å². The van der Waals surface area contributed by atoms with Crippen LogP contribution in [0.1, 0.15) is 36.6 Å². The monoisotopic (exact) mass is 381 g/mol. The summed E-state index contributed by atoms with van der Waals surface area (Å²) in [7, 11) is 0. The number of nitrogens with zero attached hydrogens (tertiary/aromatic N) is 3. The van der Waals surface area contributed by atoms with Crippen molar-refractivity contribution in [3.63, 3.8) is 0 Å². The Labute approximate surface area is 162 Å². The van der Waals surface area contributed by atoms with E-state index < -0.39 is 0 Å². The number of aromatic nitrogens is 1. The van der Waals surface area contributed by atoms with Crippen LogP contribution >= 0.6 is 11.3 Å². The molecule has 1 aliphatic carbocycles. The first kappa shape index (κ1) is 17.1. The summed E-state index contributed by atoms with van der Waals surface area (Å²) >= 11 is 1.80. The molecule has 0 saturated carbocycles. The van der Waals surface area contributed by atoms with Crippen molar-refractivity contribution in [3.05, 3.63) is 41.4 Å². The summed E-state index contributed by atoms with van der Waals surface area (Å²) in [4.78, 5) is 33.9. The summed E-state index contributed by atoms with van der Waals surface area (Å²) < 4.78 is 1.25. The van der Waals surface area contributed by atoms with Gasteiger partial charge in [0.2, 0.25) is 11.8 Å². The number of amides is 2. The van der Waals surface area contributed by atoms with E-state index in [2.05, 4.69) is 23.1 Å². The van der Waals surface area contributed by atoms with Crippen molar-refractivity contribution in [2.45, 2.75) is 31.6 Å². The summed E-state index contributed by atoms with van der Waals surface area (Å²) in [6, 6.07) is 8.30. The van der Waals surface area contributed by atoms with E-state index in [0.717, 1.165) is 31.4 Å². The number of hydrogen-bond donors (Lipinski definition) is 0. The van der Waals surface area contributed by atoms with Gasteiger partial charge in [0, 0.05) is 19.0 Å². The van der Waals surface area contributed by atoms with Crippen LogP contribution in [0.2, 0.25) is 0 Å². The third kappa shape index (κ3) is 3.01. The third-order valence-electron chi connectivity index (χ3n) is 6.19. The summed E-state index contributed by atoms with van der Waals surface area (Å²) in [5, 5.41) is 1.22. The highest BCUT2D eigenvalue weighted by Crippen LogP contribution is 2.37. The molecule has 0 N–H and O–H groups in total. The Balaban J connectivity index is 1.22. The normalized spacial score (nSPS) is 26.9. The fourth-order valence-electron chi connectivity index (χ4n) is 4.59. The Kier molecular flexibility index (Phi) is 4.32. The van der Waals surface area contributed by atoms with Gasteiger partial charge in [0.25, 0.3) is 0 Å². The SMILES string of the molecule is O=C1C2CC=CCC2C(=O)N1CN1CCC(c2nc3ccccc3s2)CC1. The minimum atomic E-state index is -0.122. The van der Waals surface area contributed by atoms with Gasteiger partial charge in [-0.2, -0.15) is 0 Å². The van der Waals surface area contributed by atoms with Gasteiger partial charge in [0.1, 0.15) is 0 Å². The third-order valence-corrected chi connectivity index (χ3v) is 7.39. The van der Waals surface area contributed by atoms with E-state index in [1.54, 1.807) is 11.3 Å². The van der Waals surface area contributed by atoms with Gasteiger partial charge in [-0.15, -0.1) is 11.3 Å². The molecule has 2 fully saturated rings. The molecule has 1 aromatic carbocycles. The lowest BCUT2D eigenvalue weighted by Gasteiger charge is -2.33. The predicted molar refractivity (Wildman–Crippen MR) is 105 cm³/mol. The zero-order valence-electron chi connectivity index (χ0n) is 15.2. The van der Waals surface area contributed by atoms with Gasteiger partial charge in [0.05, 0.1) is 33.7 Å². The molecule has 3 aliphatic rings. The predicted octanol–water partition coefficient (Wildman–Crippen LogP) is 3.38. The first-order chi connectivity index (χ1) is 13.2. The van der Waals surface area contributed by atoms with Gasteiger partial charge in [0.15, 0.2) is 0 Å². The molecular weight excluding hydrogens is 358 g/mol. The fourth-order valence-corrected chi connectivity index (χ4v) is 5.73. The number of para-hydroxylation sites is 1. The smallest absolute Gasteiger partial charge is 0.234 e. The lowest BCUT2D eigenvalue weighted by atomic mass is 9.85. The van der Waals surface area contributed by atoms with Crippen LogP contribution in [0.15, 0.2) is 36.4 Å². The summed E-state index contributed by atoms with van der Waals surface area (Å²) in [5.74, 6) is 0.297. The average molecular weight is 382 g/mol. The molecule has 0 bridgehead atoms. The number of likely N-dealkylation sites (tertiary alicyclic amines) is 2. The zero-order valence-corrected chi connectivity index (χ0v) is 16.0. The number of carbonyl (C=O) groups excluding carboxylic acids is 2. The topological polar surface area (TPSA) is 53.5 Å². The fraction of sp³-hybridized carbons (Fsp3) is 0.476. The van der Waals surface area contributed by atoms with E-state index in [4.69, 9.17) is 4.98 Å². The van der Waals surface area contributed by atoms with E-state index in [9.17, 15) is 9.59 Å². The largest absolute Gasteiger partial charge is 0.286 e. The van der Waals surface area contributed by atoms with Crippen LogP contribution < -0.4 is 0 Å². The van der Waals surface area contributed by atoms with Crippen LogP contribution in [0.5, 0.6) is 0 Å². The Morgan fingerprint density at radius 2 is 1.67 bits per heavy atom. The van der Waals surface area contributed by atoms with Crippen LogP contribution in [-0.4, -0.2) is 46.4 Å². The molecule has 2 saturated heterocycles. The highest BCUT2D eigenvalue weighted by Gasteiger charge is 2.47. The average Bonchev–Trinajstić information content (AvgIpc) is 3.24. The van der Waals surface area contributed by atoms with E-state index in [0.29, 0.717) is 25.4 Å². The van der Waals surface area contributed by atoms with Crippen molar-refractivity contribution >= 4 is 33.4 Å². The first-order valence-electron chi connectivity index (χ1n) is 9.79. The molecule has 5 rings (SSSR count). The highest BCUT2D eigenvalue weighted by molar-refractivity contribution is 7.18. The van der Waals surface area contributed by atoms with Gasteiger partial charge >= 0.3 is 0 Å². The number of fused-ring (bicyclic) bond motifs is 2. The first-order valence-corrected chi connectivity index (χ1v) is 10.6. The maximum absolute atomic E-state index is 12.6. The standard InChI is InChI=1S/C21H23N3O2S/c25-20-15-5-1-2-6-16(15)21(26)24(20)13-23-11-9-14(10-12-23)19-22-17-7-3-4-8-18(17)27-19/h1-4,7-8,14-16H,5-6,9-13H2. The Bertz CT molecular complexity index is 854. The Morgan fingerprint density at radius 1 is 1.00 bits per heavy atom. The second-order valence-electron chi connectivity index (χ2n) is 7.81. The number of thiazole rings is 1. The molecule has 0 radical (unpaired) electrons. The van der Waals surface area contributed by atoms with Gasteiger partial charge in [-0.05, 0) is 37.8 Å². The van der Waals surface area contributed by atoms with Crippen molar-refractivity contribution in [1.29, 1.82) is 0 Å². The lowest BCUT2D eigenvalue weighted by molar-refractivity contribution is -0.142. The number of benzene rings is 1. The molecule has 2 unspecified atom stereocenters. The van der Waals surface area contributed by atoms with Crippen molar-refractivity contribution in [2.24, 2.45) is 11.8 Å². The summed E-state index contributed by atoms with van der Waals surface area (Å²) in [6.45, 7) is 2.27. The maximum atomic E-state index is 12.6. The van der Waals surface area contributed by atoms with E-state index in [1.807, 2.05) is 18.2 Å². The zero-order chi connectivity index (χ0) is 18.4. The molecule has 2 atom stereocenters. The molecule has 140 valence electrons. The van der Waals surface area contributed by atoms with E-state index >= 15 is 0 Å². The van der Waals surface area contributed by atoms with Crippen LogP contribution in [0.25, 0.3) is 10.2 Å². The molecule has 3 heterocycles. The summed E-state index contributed by atoms with van der Waals surface area (Å²) in [6.07, 6.45) is 7.57. The van der Waals surface area contributed by atoms with Crippen LogP contribution in [0, 0.1) is 11.8 Å². The maximum Gasteiger partial charge on any atom is 0.234 e. The minimum Gasteiger partial charge on any atom is -0.286 e. The molecule has 2 amide bonds. The van der Waals surface area contributed by atoms with Gasteiger partial charge < -0.3 is 0 Å². The van der Waals surface area contributed by atoms with Crippen LogP contribution in [0.4, 0.5) is 0 Å². The molecule has 0 spiro atoms. The van der Waals surface area contributed by atoms with Crippen LogP contribution in [0.3, 0.4) is 0 Å². The summed E-state index contributed by atoms with van der Waals surface area (Å²) in [5.41, 5.74) is 1.09. The number of rotatable bonds is 3. The number of imide groups is 1. The molecule has 6 heteroatoms. The lowest BCUT2D eigenvalue weighted by Crippen LogP contribution is -2.44. The molecule has 1 aromatic heterocycles. The Morgan fingerprint density at radius 3 is 2.33 bits per heavy atom. The van der Waals surface area contributed by atoms with E-state index in [-0.39, 0.29) is 23.7 Å². The van der Waals surface area contributed by atoms with Crippen LogP contribution in [-0.2, 0) is 9.59 Å². The molecule has 27 heavy (non-hydrogen) atoms. The molecule has 5 nitrogen and oxygen atoms in total. The quantitative estimate of drug-likeness (QED) is 0.604. The number of piperidine rings is 1. The molecular formula is C21H23N3O2S. The van der Waals surface area contributed by atoms with Crippen molar-refractivity contribution in [1.82, 2.24) is 14.8 Å². The van der Waals surface area contributed by atoms with Gasteiger partial charge in [-0.3, -0.25) is 19.4 Å². The number of carbonyl (C=O) groups is 2. The van der Waals surface area contributed by atoms with Gasteiger partial charge in [-0.25, -0.2) is 4.98 Å². The molecule has 2 aromatic rings.